The molecule has 0 radical (unpaired) electrons. The van der Waals surface area contributed by atoms with Crippen LogP contribution in [0.2, 0.25) is 0 Å². The second-order valence-electron chi connectivity index (χ2n) is 6.36. The Morgan fingerprint density at radius 1 is 1.12 bits per heavy atom. The summed E-state index contributed by atoms with van der Waals surface area (Å²) in [4.78, 5) is 6.01. The number of hydrogen-bond donors (Lipinski definition) is 1. The van der Waals surface area contributed by atoms with E-state index in [-0.39, 0.29) is 11.0 Å². The zero-order chi connectivity index (χ0) is 12.7. The van der Waals surface area contributed by atoms with Crippen LogP contribution in [0.3, 0.4) is 0 Å². The zero-order valence-corrected chi connectivity index (χ0v) is 12.3. The van der Waals surface area contributed by atoms with Crippen LogP contribution < -0.4 is 5.73 Å². The van der Waals surface area contributed by atoms with Crippen LogP contribution in [0.4, 0.5) is 0 Å². The molecule has 0 aliphatic carbocycles. The Morgan fingerprint density at radius 3 is 1.88 bits per heavy atom. The molecule has 0 unspecified atom stereocenters. The molecular formula is C13H24N2S. The molecule has 0 amide bonds. The SMILES string of the molecule is CC(C)c1nc(C(C)(C)C)c(C(C)(C)N)s1. The molecule has 2 nitrogen and oxygen atoms in total. The largest absolute Gasteiger partial charge is 0.321 e. The van der Waals surface area contributed by atoms with E-state index >= 15 is 0 Å². The van der Waals surface area contributed by atoms with Gasteiger partial charge in [-0.1, -0.05) is 34.6 Å². The van der Waals surface area contributed by atoms with Gasteiger partial charge in [-0.15, -0.1) is 11.3 Å². The maximum absolute atomic E-state index is 6.24. The van der Waals surface area contributed by atoms with Gasteiger partial charge in [0.15, 0.2) is 0 Å². The number of nitrogens with zero attached hydrogens (tertiary/aromatic N) is 1. The van der Waals surface area contributed by atoms with E-state index in [0.717, 1.165) is 5.69 Å². The lowest BCUT2D eigenvalue weighted by Gasteiger charge is -2.24. The molecule has 0 aromatic carbocycles. The van der Waals surface area contributed by atoms with Crippen molar-refractivity contribution in [2.45, 2.75) is 65.3 Å². The molecule has 1 heterocycles. The molecule has 0 atom stereocenters. The van der Waals surface area contributed by atoms with Crippen LogP contribution in [-0.4, -0.2) is 4.98 Å². The predicted molar refractivity (Wildman–Crippen MR) is 72.1 cm³/mol. The fourth-order valence-electron chi connectivity index (χ4n) is 1.53. The van der Waals surface area contributed by atoms with Crippen molar-refractivity contribution in [1.29, 1.82) is 0 Å². The van der Waals surface area contributed by atoms with Gasteiger partial charge in [-0.3, -0.25) is 0 Å². The minimum Gasteiger partial charge on any atom is -0.321 e. The maximum atomic E-state index is 6.24. The van der Waals surface area contributed by atoms with Crippen LogP contribution in [-0.2, 0) is 11.0 Å². The zero-order valence-electron chi connectivity index (χ0n) is 11.5. The first kappa shape index (κ1) is 13.7. The monoisotopic (exact) mass is 240 g/mol. The smallest absolute Gasteiger partial charge is 0.0957 e. The highest BCUT2D eigenvalue weighted by atomic mass is 32.1. The summed E-state index contributed by atoms with van der Waals surface area (Å²) >= 11 is 1.77. The second kappa shape index (κ2) is 4.11. The van der Waals surface area contributed by atoms with Gasteiger partial charge < -0.3 is 5.73 Å². The van der Waals surface area contributed by atoms with E-state index in [1.54, 1.807) is 11.3 Å². The first-order chi connectivity index (χ1) is 7.03. The van der Waals surface area contributed by atoms with Crippen molar-refractivity contribution in [3.05, 3.63) is 15.6 Å². The van der Waals surface area contributed by atoms with Crippen LogP contribution in [0.15, 0.2) is 0 Å². The van der Waals surface area contributed by atoms with Crippen molar-refractivity contribution in [2.24, 2.45) is 5.73 Å². The summed E-state index contributed by atoms with van der Waals surface area (Å²) in [5.74, 6) is 0.474. The Balaban J connectivity index is 3.36. The van der Waals surface area contributed by atoms with Gasteiger partial charge >= 0.3 is 0 Å². The first-order valence-electron chi connectivity index (χ1n) is 5.84. The fourth-order valence-corrected chi connectivity index (χ4v) is 2.82. The van der Waals surface area contributed by atoms with Crippen LogP contribution in [0.1, 0.15) is 70.0 Å². The molecule has 3 heteroatoms. The Hall–Kier alpha value is -0.410. The number of aromatic nitrogens is 1. The number of nitrogens with two attached hydrogens (primary N) is 1. The highest BCUT2D eigenvalue weighted by Crippen LogP contribution is 2.37. The molecule has 0 aliphatic rings. The lowest BCUT2D eigenvalue weighted by molar-refractivity contribution is 0.510. The summed E-state index contributed by atoms with van der Waals surface area (Å²) in [6.07, 6.45) is 0. The average molecular weight is 240 g/mol. The summed E-state index contributed by atoms with van der Waals surface area (Å²) in [6.45, 7) is 15.1. The second-order valence-corrected chi connectivity index (χ2v) is 7.39. The molecule has 0 spiro atoms. The third kappa shape index (κ3) is 2.83. The molecule has 0 saturated heterocycles. The van der Waals surface area contributed by atoms with Crippen molar-refractivity contribution in [3.8, 4) is 0 Å². The molecular weight excluding hydrogens is 216 g/mol. The van der Waals surface area contributed by atoms with Gasteiger partial charge in [0.1, 0.15) is 0 Å². The average Bonchev–Trinajstić information content (AvgIpc) is 2.44. The third-order valence-corrected chi connectivity index (χ3v) is 4.13. The summed E-state index contributed by atoms with van der Waals surface area (Å²) in [6, 6.07) is 0. The van der Waals surface area contributed by atoms with E-state index in [1.807, 2.05) is 0 Å². The van der Waals surface area contributed by atoms with Gasteiger partial charge in [-0.2, -0.15) is 0 Å². The molecule has 0 saturated carbocycles. The van der Waals surface area contributed by atoms with Gasteiger partial charge in [-0.05, 0) is 13.8 Å². The Bertz CT molecular complexity index is 333. The van der Waals surface area contributed by atoms with E-state index in [1.165, 1.54) is 9.88 Å². The summed E-state index contributed by atoms with van der Waals surface area (Å²) < 4.78 is 0. The summed E-state index contributed by atoms with van der Waals surface area (Å²) in [7, 11) is 0. The van der Waals surface area contributed by atoms with Gasteiger partial charge in [0.25, 0.3) is 0 Å². The Kier molecular flexibility index (Phi) is 3.51. The van der Waals surface area contributed by atoms with Crippen LogP contribution in [0.25, 0.3) is 0 Å². The predicted octanol–water partition coefficient (Wildman–Crippen LogP) is 3.76. The minimum atomic E-state index is -0.298. The summed E-state index contributed by atoms with van der Waals surface area (Å²) in [5, 5.41) is 1.19. The van der Waals surface area contributed by atoms with Gasteiger partial charge in [0.2, 0.25) is 0 Å². The Morgan fingerprint density at radius 2 is 1.62 bits per heavy atom. The van der Waals surface area contributed by atoms with Crippen molar-refractivity contribution >= 4 is 11.3 Å². The lowest BCUT2D eigenvalue weighted by Crippen LogP contribution is -2.31. The topological polar surface area (TPSA) is 38.9 Å². The van der Waals surface area contributed by atoms with Gasteiger partial charge in [0.05, 0.1) is 10.7 Å². The molecule has 1 rings (SSSR count). The molecule has 92 valence electrons. The van der Waals surface area contributed by atoms with Crippen molar-refractivity contribution in [1.82, 2.24) is 4.98 Å². The van der Waals surface area contributed by atoms with E-state index in [9.17, 15) is 0 Å². The third-order valence-electron chi connectivity index (χ3n) is 2.43. The van der Waals surface area contributed by atoms with Crippen LogP contribution >= 0.6 is 11.3 Å². The van der Waals surface area contributed by atoms with Crippen molar-refractivity contribution < 1.29 is 0 Å². The van der Waals surface area contributed by atoms with E-state index in [4.69, 9.17) is 10.7 Å². The van der Waals surface area contributed by atoms with Crippen molar-refractivity contribution in [2.75, 3.05) is 0 Å². The quantitative estimate of drug-likeness (QED) is 0.855. The highest BCUT2D eigenvalue weighted by molar-refractivity contribution is 7.12. The standard InChI is InChI=1S/C13H24N2S/c1-8(2)11-15-9(12(3,4)5)10(16-11)13(6,7)14/h8H,14H2,1-7H3. The molecule has 1 aromatic heterocycles. The minimum absolute atomic E-state index is 0.0651. The lowest BCUT2D eigenvalue weighted by atomic mass is 9.87. The normalized spacial score (nSPS) is 13.6. The molecule has 0 aliphatic heterocycles. The molecule has 1 aromatic rings. The molecule has 2 N–H and O–H groups in total. The molecule has 0 fully saturated rings. The van der Waals surface area contributed by atoms with Crippen molar-refractivity contribution in [3.63, 3.8) is 0 Å². The van der Waals surface area contributed by atoms with Gasteiger partial charge in [0, 0.05) is 21.7 Å². The van der Waals surface area contributed by atoms with Gasteiger partial charge in [-0.25, -0.2) is 4.98 Å². The van der Waals surface area contributed by atoms with E-state index in [2.05, 4.69) is 48.5 Å². The molecule has 16 heavy (non-hydrogen) atoms. The highest BCUT2D eigenvalue weighted by Gasteiger charge is 2.30. The Labute approximate surface area is 103 Å². The van der Waals surface area contributed by atoms with Crippen LogP contribution in [0.5, 0.6) is 0 Å². The summed E-state index contributed by atoms with van der Waals surface area (Å²) in [5.41, 5.74) is 7.17. The van der Waals surface area contributed by atoms with E-state index < -0.39 is 0 Å². The van der Waals surface area contributed by atoms with E-state index in [0.29, 0.717) is 5.92 Å². The number of hydrogen-bond acceptors (Lipinski definition) is 3. The number of thiazole rings is 1. The maximum Gasteiger partial charge on any atom is 0.0957 e. The fraction of sp³-hybridized carbons (Fsp3) is 0.769. The van der Waals surface area contributed by atoms with Crippen LogP contribution in [0, 0.1) is 0 Å². The number of rotatable bonds is 2. The molecule has 0 bridgehead atoms. The first-order valence-corrected chi connectivity index (χ1v) is 6.65.